The van der Waals surface area contributed by atoms with Gasteiger partial charge in [0.2, 0.25) is 0 Å². The highest BCUT2D eigenvalue weighted by atomic mass is 127. The summed E-state index contributed by atoms with van der Waals surface area (Å²) in [7, 11) is 0. The number of halogens is 2. The number of amides is 1. The monoisotopic (exact) mass is 424 g/mol. The lowest BCUT2D eigenvalue weighted by molar-refractivity contribution is 0.0929. The summed E-state index contributed by atoms with van der Waals surface area (Å²) in [6.07, 6.45) is 0. The molecule has 2 aromatic rings. The fourth-order valence-electron chi connectivity index (χ4n) is 1.91. The van der Waals surface area contributed by atoms with Crippen LogP contribution >= 0.6 is 34.2 Å². The number of nitrogens with zero attached hydrogens (tertiary/aromatic N) is 1. The van der Waals surface area contributed by atoms with Gasteiger partial charge in [-0.1, -0.05) is 23.7 Å². The van der Waals surface area contributed by atoms with Gasteiger partial charge < -0.3 is 5.32 Å². The zero-order valence-electron chi connectivity index (χ0n) is 12.2. The molecule has 0 fully saturated rings. The van der Waals surface area contributed by atoms with E-state index in [1.54, 1.807) is 19.9 Å². The van der Waals surface area contributed by atoms with Gasteiger partial charge in [0, 0.05) is 14.2 Å². The summed E-state index contributed by atoms with van der Waals surface area (Å²) in [6.45, 7) is 3.33. The summed E-state index contributed by atoms with van der Waals surface area (Å²) >= 11 is 8.08. The maximum Gasteiger partial charge on any atom is 0.252 e. The summed E-state index contributed by atoms with van der Waals surface area (Å²) < 4.78 is 0.949. The molecule has 5 heteroatoms. The standard InChI is InChI=1S/C17H14ClIN2O/c1-17(2,10-20)21-16(22)13-7-12(8-15(19)9-13)11-3-5-14(18)6-4-11/h3-9H,1-2H3,(H,21,22). The highest BCUT2D eigenvalue weighted by Crippen LogP contribution is 2.25. The molecule has 0 unspecified atom stereocenters. The molecule has 0 bridgehead atoms. The molecule has 0 aliphatic carbocycles. The van der Waals surface area contributed by atoms with Crippen molar-refractivity contribution < 1.29 is 4.79 Å². The van der Waals surface area contributed by atoms with E-state index < -0.39 is 5.54 Å². The number of benzene rings is 2. The molecule has 0 radical (unpaired) electrons. The molecule has 0 atom stereocenters. The average molecular weight is 425 g/mol. The van der Waals surface area contributed by atoms with Crippen LogP contribution in [0.5, 0.6) is 0 Å². The Hall–Kier alpha value is -1.58. The normalized spacial score (nSPS) is 10.9. The van der Waals surface area contributed by atoms with Crippen molar-refractivity contribution in [1.82, 2.24) is 5.32 Å². The smallest absolute Gasteiger partial charge is 0.252 e. The van der Waals surface area contributed by atoms with Crippen molar-refractivity contribution in [1.29, 1.82) is 5.26 Å². The van der Waals surface area contributed by atoms with E-state index in [0.29, 0.717) is 10.6 Å². The molecule has 0 heterocycles. The average Bonchev–Trinajstić information content (AvgIpc) is 2.47. The summed E-state index contributed by atoms with van der Waals surface area (Å²) in [6, 6.07) is 15.1. The van der Waals surface area contributed by atoms with Gasteiger partial charge in [0.25, 0.3) is 5.91 Å². The second kappa shape index (κ2) is 6.67. The molecule has 1 amide bonds. The minimum atomic E-state index is -0.904. The van der Waals surface area contributed by atoms with Crippen LogP contribution < -0.4 is 5.32 Å². The first-order valence-corrected chi connectivity index (χ1v) is 8.07. The van der Waals surface area contributed by atoms with Crippen molar-refractivity contribution in [3.8, 4) is 17.2 Å². The van der Waals surface area contributed by atoms with Gasteiger partial charge in [-0.05, 0) is 77.9 Å². The van der Waals surface area contributed by atoms with E-state index >= 15 is 0 Å². The van der Waals surface area contributed by atoms with E-state index in [-0.39, 0.29) is 5.91 Å². The van der Waals surface area contributed by atoms with Crippen molar-refractivity contribution in [2.45, 2.75) is 19.4 Å². The van der Waals surface area contributed by atoms with Gasteiger partial charge in [0.1, 0.15) is 5.54 Å². The lowest BCUT2D eigenvalue weighted by atomic mass is 10.0. The first kappa shape index (κ1) is 16.8. The van der Waals surface area contributed by atoms with E-state index in [9.17, 15) is 4.79 Å². The molecule has 2 aromatic carbocycles. The van der Waals surface area contributed by atoms with Gasteiger partial charge in [0.15, 0.2) is 0 Å². The van der Waals surface area contributed by atoms with E-state index in [2.05, 4.69) is 34.0 Å². The number of carbonyl (C=O) groups excluding carboxylic acids is 1. The third-order valence-electron chi connectivity index (χ3n) is 3.04. The minimum Gasteiger partial charge on any atom is -0.334 e. The van der Waals surface area contributed by atoms with Crippen LogP contribution in [0.15, 0.2) is 42.5 Å². The van der Waals surface area contributed by atoms with Gasteiger partial charge in [-0.15, -0.1) is 0 Å². The molecule has 0 aliphatic heterocycles. The largest absolute Gasteiger partial charge is 0.334 e. The predicted molar refractivity (Wildman–Crippen MR) is 96.8 cm³/mol. The number of nitrogens with one attached hydrogen (secondary N) is 1. The van der Waals surface area contributed by atoms with Crippen LogP contribution in [0.3, 0.4) is 0 Å². The number of nitriles is 1. The molecule has 0 spiro atoms. The Morgan fingerprint density at radius 1 is 1.18 bits per heavy atom. The molecule has 0 saturated carbocycles. The lowest BCUT2D eigenvalue weighted by Gasteiger charge is -2.18. The lowest BCUT2D eigenvalue weighted by Crippen LogP contribution is -2.42. The summed E-state index contributed by atoms with van der Waals surface area (Å²) in [4.78, 5) is 12.3. The quantitative estimate of drug-likeness (QED) is 0.730. The van der Waals surface area contributed by atoms with E-state index in [0.717, 1.165) is 14.7 Å². The molecular weight excluding hydrogens is 411 g/mol. The van der Waals surface area contributed by atoms with E-state index in [4.69, 9.17) is 16.9 Å². The van der Waals surface area contributed by atoms with Crippen molar-refractivity contribution in [2.24, 2.45) is 0 Å². The number of carbonyl (C=O) groups is 1. The van der Waals surface area contributed by atoms with Gasteiger partial charge in [-0.2, -0.15) is 5.26 Å². The van der Waals surface area contributed by atoms with Crippen LogP contribution in [0, 0.1) is 14.9 Å². The molecule has 0 aromatic heterocycles. The summed E-state index contributed by atoms with van der Waals surface area (Å²) in [5.41, 5.74) is 1.54. The summed E-state index contributed by atoms with van der Waals surface area (Å²) in [5.74, 6) is -0.264. The zero-order valence-corrected chi connectivity index (χ0v) is 15.1. The second-order valence-electron chi connectivity index (χ2n) is 5.43. The Labute approximate surface area is 148 Å². The zero-order chi connectivity index (χ0) is 16.3. The first-order valence-electron chi connectivity index (χ1n) is 6.61. The Balaban J connectivity index is 2.37. The number of rotatable bonds is 3. The van der Waals surface area contributed by atoms with Crippen molar-refractivity contribution >= 4 is 40.1 Å². The SMILES string of the molecule is CC(C)(C#N)NC(=O)c1cc(I)cc(-c2ccc(Cl)cc2)c1. The molecule has 22 heavy (non-hydrogen) atoms. The van der Waals surface area contributed by atoms with Crippen molar-refractivity contribution in [2.75, 3.05) is 0 Å². The molecule has 3 nitrogen and oxygen atoms in total. The molecule has 2 rings (SSSR count). The maximum absolute atomic E-state index is 12.3. The van der Waals surface area contributed by atoms with Crippen LogP contribution in [-0.2, 0) is 0 Å². The molecule has 0 aliphatic rings. The highest BCUT2D eigenvalue weighted by Gasteiger charge is 2.20. The van der Waals surface area contributed by atoms with E-state index in [1.807, 2.05) is 36.4 Å². The molecule has 1 N–H and O–H groups in total. The predicted octanol–water partition coefficient (Wildman–Crippen LogP) is 4.64. The maximum atomic E-state index is 12.3. The molecule has 0 saturated heterocycles. The third kappa shape index (κ3) is 4.21. The van der Waals surface area contributed by atoms with Gasteiger partial charge >= 0.3 is 0 Å². The fraction of sp³-hybridized carbons (Fsp3) is 0.176. The van der Waals surface area contributed by atoms with Crippen LogP contribution in [0.1, 0.15) is 24.2 Å². The number of hydrogen-bond acceptors (Lipinski definition) is 2. The Morgan fingerprint density at radius 2 is 1.82 bits per heavy atom. The fourth-order valence-corrected chi connectivity index (χ4v) is 2.71. The topological polar surface area (TPSA) is 52.9 Å². The van der Waals surface area contributed by atoms with Crippen molar-refractivity contribution in [3.63, 3.8) is 0 Å². The Bertz CT molecular complexity index is 748. The molecule has 112 valence electrons. The third-order valence-corrected chi connectivity index (χ3v) is 3.92. The van der Waals surface area contributed by atoms with Gasteiger partial charge in [0.05, 0.1) is 6.07 Å². The van der Waals surface area contributed by atoms with Crippen LogP contribution in [0.4, 0.5) is 0 Å². The van der Waals surface area contributed by atoms with Crippen molar-refractivity contribution in [3.05, 3.63) is 56.6 Å². The molecular formula is C17H14ClIN2O. The number of hydrogen-bond donors (Lipinski definition) is 1. The summed E-state index contributed by atoms with van der Waals surface area (Å²) in [5, 5.41) is 12.4. The van der Waals surface area contributed by atoms with Gasteiger partial charge in [-0.25, -0.2) is 0 Å². The van der Waals surface area contributed by atoms with Crippen LogP contribution in [0.25, 0.3) is 11.1 Å². The Kier molecular flexibility index (Phi) is 5.09. The van der Waals surface area contributed by atoms with Crippen LogP contribution in [0.2, 0.25) is 5.02 Å². The minimum absolute atomic E-state index is 0.264. The van der Waals surface area contributed by atoms with Crippen LogP contribution in [-0.4, -0.2) is 11.4 Å². The van der Waals surface area contributed by atoms with E-state index in [1.165, 1.54) is 0 Å². The first-order chi connectivity index (χ1) is 10.3. The Morgan fingerprint density at radius 3 is 2.41 bits per heavy atom. The second-order valence-corrected chi connectivity index (χ2v) is 7.11. The highest BCUT2D eigenvalue weighted by molar-refractivity contribution is 14.1. The van der Waals surface area contributed by atoms with Gasteiger partial charge in [-0.3, -0.25) is 4.79 Å².